The number of nitrogens with one attached hydrogen (secondary N) is 1. The molecule has 1 aromatic heterocycles. The van der Waals surface area contributed by atoms with Gasteiger partial charge in [0.25, 0.3) is 0 Å². The molecular formula is C22H27F2N7S. The van der Waals surface area contributed by atoms with Gasteiger partial charge in [0.15, 0.2) is 11.3 Å². The van der Waals surface area contributed by atoms with E-state index in [1.54, 1.807) is 24.7 Å². The number of hydrogen-bond acceptors (Lipinski definition) is 8. The lowest BCUT2D eigenvalue weighted by molar-refractivity contribution is 0.318. The SMILES string of the molecule is CN1C(c2cnccn2)=NNC1SCCCN1CC2CCN(c3ccc(F)cc3F)C2C1. The fourth-order valence-corrected chi connectivity index (χ4v) is 5.89. The highest BCUT2D eigenvalue weighted by Crippen LogP contribution is 2.36. The molecule has 5 rings (SSSR count). The second-order valence-corrected chi connectivity index (χ2v) is 9.70. The predicted octanol–water partition coefficient (Wildman–Crippen LogP) is 2.57. The molecule has 1 aromatic carbocycles. The Labute approximate surface area is 190 Å². The van der Waals surface area contributed by atoms with Crippen LogP contribution in [-0.2, 0) is 0 Å². The zero-order valence-electron chi connectivity index (χ0n) is 18.0. The second kappa shape index (κ2) is 9.19. The third-order valence-corrected chi connectivity index (χ3v) is 7.76. The van der Waals surface area contributed by atoms with E-state index in [4.69, 9.17) is 0 Å². The smallest absolute Gasteiger partial charge is 0.178 e. The lowest BCUT2D eigenvalue weighted by Crippen LogP contribution is -2.36. The van der Waals surface area contributed by atoms with Gasteiger partial charge >= 0.3 is 0 Å². The van der Waals surface area contributed by atoms with Gasteiger partial charge in [-0.2, -0.15) is 5.10 Å². The average Bonchev–Trinajstić information content (AvgIpc) is 3.47. The molecule has 7 nitrogen and oxygen atoms in total. The van der Waals surface area contributed by atoms with Crippen molar-refractivity contribution < 1.29 is 8.78 Å². The fourth-order valence-electron chi connectivity index (χ4n) is 4.92. The predicted molar refractivity (Wildman–Crippen MR) is 122 cm³/mol. The molecule has 2 fully saturated rings. The number of thioether (sulfide) groups is 1. The molecular weight excluding hydrogens is 432 g/mol. The summed E-state index contributed by atoms with van der Waals surface area (Å²) in [6, 6.07) is 4.23. The summed E-state index contributed by atoms with van der Waals surface area (Å²) in [6.45, 7) is 3.85. The number of fused-ring (bicyclic) bond motifs is 1. The van der Waals surface area contributed by atoms with Gasteiger partial charge in [0.05, 0.1) is 11.9 Å². The van der Waals surface area contributed by atoms with Crippen LogP contribution >= 0.6 is 11.8 Å². The molecule has 3 unspecified atom stereocenters. The number of nitrogens with zero attached hydrogens (tertiary/aromatic N) is 6. The molecule has 2 saturated heterocycles. The number of benzene rings is 1. The minimum Gasteiger partial charge on any atom is -0.365 e. The Morgan fingerprint density at radius 2 is 2.12 bits per heavy atom. The monoisotopic (exact) mass is 459 g/mol. The van der Waals surface area contributed by atoms with E-state index in [2.05, 4.69) is 35.2 Å². The van der Waals surface area contributed by atoms with E-state index in [-0.39, 0.29) is 5.50 Å². The maximum atomic E-state index is 14.3. The van der Waals surface area contributed by atoms with Crippen molar-refractivity contribution in [1.29, 1.82) is 0 Å². The summed E-state index contributed by atoms with van der Waals surface area (Å²) in [5, 5.41) is 4.41. The first-order valence-electron chi connectivity index (χ1n) is 11.0. The van der Waals surface area contributed by atoms with Gasteiger partial charge in [0.1, 0.15) is 17.3 Å². The molecule has 0 bridgehead atoms. The molecule has 4 heterocycles. The largest absolute Gasteiger partial charge is 0.365 e. The Morgan fingerprint density at radius 1 is 1.22 bits per heavy atom. The third kappa shape index (κ3) is 4.25. The first-order chi connectivity index (χ1) is 15.6. The molecule has 3 atom stereocenters. The zero-order chi connectivity index (χ0) is 22.1. The third-order valence-electron chi connectivity index (χ3n) is 6.50. The highest BCUT2D eigenvalue weighted by atomic mass is 32.2. The minimum absolute atomic E-state index is 0.0851. The molecule has 3 aliphatic heterocycles. The normalized spacial score (nSPS) is 25.2. The highest BCUT2D eigenvalue weighted by molar-refractivity contribution is 7.99. The molecule has 1 N–H and O–H groups in total. The van der Waals surface area contributed by atoms with Gasteiger partial charge in [-0.3, -0.25) is 10.4 Å². The van der Waals surface area contributed by atoms with Crippen LogP contribution in [0.25, 0.3) is 0 Å². The first-order valence-corrected chi connectivity index (χ1v) is 12.0. The number of hydrazone groups is 1. The number of amidine groups is 1. The number of hydrogen-bond donors (Lipinski definition) is 1. The van der Waals surface area contributed by atoms with Crippen molar-refractivity contribution in [2.75, 3.05) is 43.9 Å². The maximum absolute atomic E-state index is 14.3. The summed E-state index contributed by atoms with van der Waals surface area (Å²) in [7, 11) is 2.01. The van der Waals surface area contributed by atoms with Crippen LogP contribution in [0.2, 0.25) is 0 Å². The van der Waals surface area contributed by atoms with Crippen molar-refractivity contribution in [3.63, 3.8) is 0 Å². The number of likely N-dealkylation sites (tertiary alicyclic amines) is 1. The Morgan fingerprint density at radius 3 is 2.94 bits per heavy atom. The zero-order valence-corrected chi connectivity index (χ0v) is 18.8. The quantitative estimate of drug-likeness (QED) is 0.639. The molecule has 0 amide bonds. The molecule has 0 saturated carbocycles. The van der Waals surface area contributed by atoms with Crippen LogP contribution in [0.5, 0.6) is 0 Å². The lowest BCUT2D eigenvalue weighted by Gasteiger charge is -2.27. The molecule has 2 aromatic rings. The molecule has 0 spiro atoms. The van der Waals surface area contributed by atoms with Gasteiger partial charge in [-0.05, 0) is 43.2 Å². The van der Waals surface area contributed by atoms with Gasteiger partial charge in [-0.15, -0.1) is 11.8 Å². The van der Waals surface area contributed by atoms with Crippen molar-refractivity contribution in [3.8, 4) is 0 Å². The Balaban J connectivity index is 1.08. The fraction of sp³-hybridized carbons (Fsp3) is 0.500. The van der Waals surface area contributed by atoms with Gasteiger partial charge in [0, 0.05) is 51.2 Å². The van der Waals surface area contributed by atoms with Crippen molar-refractivity contribution in [2.24, 2.45) is 11.0 Å². The van der Waals surface area contributed by atoms with E-state index in [1.807, 2.05) is 18.8 Å². The van der Waals surface area contributed by atoms with Gasteiger partial charge in [0.2, 0.25) is 0 Å². The van der Waals surface area contributed by atoms with E-state index >= 15 is 0 Å². The number of aromatic nitrogens is 2. The van der Waals surface area contributed by atoms with Crippen molar-refractivity contribution in [2.45, 2.75) is 24.4 Å². The summed E-state index contributed by atoms with van der Waals surface area (Å²) < 4.78 is 27.6. The van der Waals surface area contributed by atoms with Crippen LogP contribution < -0.4 is 10.3 Å². The maximum Gasteiger partial charge on any atom is 0.178 e. The average molecular weight is 460 g/mol. The Hall–Kier alpha value is -2.46. The van der Waals surface area contributed by atoms with Crippen molar-refractivity contribution in [1.82, 2.24) is 25.2 Å². The van der Waals surface area contributed by atoms with E-state index in [0.717, 1.165) is 62.4 Å². The van der Waals surface area contributed by atoms with Crippen LogP contribution in [0.1, 0.15) is 18.5 Å². The Bertz CT molecular complexity index is 976. The van der Waals surface area contributed by atoms with Crippen LogP contribution in [0.15, 0.2) is 41.9 Å². The summed E-state index contributed by atoms with van der Waals surface area (Å²) in [5.41, 5.74) is 4.55. The van der Waals surface area contributed by atoms with E-state index in [9.17, 15) is 8.78 Å². The Kier molecular flexibility index (Phi) is 6.14. The standard InChI is InChI=1S/C22H27F2N7S/c1-29-21(18-12-25-6-7-26-18)27-28-22(29)32-10-2-8-30-13-15-5-9-31(20(15)14-30)19-4-3-16(23)11-17(19)24/h3-4,6-7,11-12,15,20,22,28H,2,5,8-10,13-14H2,1H3. The summed E-state index contributed by atoms with van der Waals surface area (Å²) >= 11 is 1.83. The second-order valence-electron chi connectivity index (χ2n) is 8.51. The summed E-state index contributed by atoms with van der Waals surface area (Å²) in [4.78, 5) is 15.1. The first kappa shape index (κ1) is 21.4. The number of halogens is 2. The van der Waals surface area contributed by atoms with Gasteiger partial charge in [-0.1, -0.05) is 0 Å². The number of rotatable bonds is 7. The van der Waals surface area contributed by atoms with E-state index in [1.165, 1.54) is 6.07 Å². The molecule has 10 heteroatoms. The van der Waals surface area contributed by atoms with Crippen molar-refractivity contribution in [3.05, 3.63) is 54.1 Å². The molecule has 0 radical (unpaired) electrons. The van der Waals surface area contributed by atoms with Crippen LogP contribution in [-0.4, -0.2) is 76.1 Å². The van der Waals surface area contributed by atoms with Crippen LogP contribution in [0.4, 0.5) is 14.5 Å². The molecule has 3 aliphatic rings. The molecule has 0 aliphatic carbocycles. The van der Waals surface area contributed by atoms with E-state index < -0.39 is 11.6 Å². The summed E-state index contributed by atoms with van der Waals surface area (Å²) in [6.07, 6.45) is 7.17. The van der Waals surface area contributed by atoms with E-state index in [0.29, 0.717) is 17.6 Å². The van der Waals surface area contributed by atoms with Gasteiger partial charge < -0.3 is 14.7 Å². The summed E-state index contributed by atoms with van der Waals surface area (Å²) in [5.74, 6) is 1.38. The number of anilines is 1. The minimum atomic E-state index is -0.524. The van der Waals surface area contributed by atoms with Crippen molar-refractivity contribution >= 4 is 23.3 Å². The molecule has 170 valence electrons. The van der Waals surface area contributed by atoms with Crippen LogP contribution in [0.3, 0.4) is 0 Å². The molecule has 32 heavy (non-hydrogen) atoms. The van der Waals surface area contributed by atoms with Crippen LogP contribution in [0, 0.1) is 17.6 Å². The lowest BCUT2D eigenvalue weighted by atomic mass is 10.0. The highest BCUT2D eigenvalue weighted by Gasteiger charge is 2.41. The van der Waals surface area contributed by atoms with Gasteiger partial charge in [-0.25, -0.2) is 13.8 Å². The topological polar surface area (TPSA) is 59.9 Å².